The lowest BCUT2D eigenvalue weighted by molar-refractivity contribution is 0.172. The zero-order valence-corrected chi connectivity index (χ0v) is 12.8. The number of carbonyl (C=O) groups is 1. The third-order valence-electron chi connectivity index (χ3n) is 3.53. The zero-order valence-electron chi connectivity index (χ0n) is 12.8. The first-order valence-electron chi connectivity index (χ1n) is 7.19. The van der Waals surface area contributed by atoms with Gasteiger partial charge < -0.3 is 25.0 Å². The van der Waals surface area contributed by atoms with Crippen molar-refractivity contribution in [2.45, 2.75) is 19.9 Å². The highest BCUT2D eigenvalue weighted by molar-refractivity contribution is 5.90. The summed E-state index contributed by atoms with van der Waals surface area (Å²) in [4.78, 5) is 15.9. The molecule has 0 aliphatic carbocycles. The van der Waals surface area contributed by atoms with Crippen LogP contribution in [0.15, 0.2) is 18.2 Å². The van der Waals surface area contributed by atoms with Crippen LogP contribution in [0.3, 0.4) is 0 Å². The summed E-state index contributed by atoms with van der Waals surface area (Å²) in [5, 5.41) is 11.9. The van der Waals surface area contributed by atoms with Gasteiger partial charge in [-0.3, -0.25) is 0 Å². The molecule has 2 amide bonds. The number of hydrogen-bond acceptors (Lipinski definition) is 4. The van der Waals surface area contributed by atoms with Gasteiger partial charge in [0.15, 0.2) is 0 Å². The van der Waals surface area contributed by atoms with Crippen LogP contribution in [0.4, 0.5) is 16.2 Å². The number of carbonyl (C=O) groups excluding carboxylic acids is 1. The number of nitrogens with one attached hydrogen (secondary N) is 1. The molecular formula is C15H23N3O3. The minimum absolute atomic E-state index is 0.0285. The molecule has 21 heavy (non-hydrogen) atoms. The fourth-order valence-electron chi connectivity index (χ4n) is 2.33. The fourth-order valence-corrected chi connectivity index (χ4v) is 2.33. The molecule has 0 saturated heterocycles. The Bertz CT molecular complexity index is 505. The minimum atomic E-state index is -0.210. The highest BCUT2D eigenvalue weighted by atomic mass is 16.5. The first-order valence-corrected chi connectivity index (χ1v) is 7.19. The molecule has 2 rings (SSSR count). The molecule has 0 radical (unpaired) electrons. The number of nitrogens with zero attached hydrogens (tertiary/aromatic N) is 2. The Balaban J connectivity index is 2.12. The van der Waals surface area contributed by atoms with Crippen LogP contribution in [-0.2, 0) is 0 Å². The minimum Gasteiger partial charge on any atom is -0.490 e. The molecule has 6 nitrogen and oxygen atoms in total. The van der Waals surface area contributed by atoms with E-state index in [1.165, 1.54) is 0 Å². The number of benzene rings is 1. The largest absolute Gasteiger partial charge is 0.490 e. The molecule has 0 bridgehead atoms. The molecular weight excluding hydrogens is 270 g/mol. The van der Waals surface area contributed by atoms with Gasteiger partial charge in [-0.1, -0.05) is 0 Å². The van der Waals surface area contributed by atoms with Crippen LogP contribution in [0.1, 0.15) is 13.8 Å². The Labute approximate surface area is 125 Å². The molecule has 2 N–H and O–H groups in total. The summed E-state index contributed by atoms with van der Waals surface area (Å²) < 4.78 is 5.58. The smallest absolute Gasteiger partial charge is 0.322 e. The lowest BCUT2D eigenvalue weighted by Gasteiger charge is -2.29. The Morgan fingerprint density at radius 2 is 2.29 bits per heavy atom. The fraction of sp³-hybridized carbons (Fsp3) is 0.533. The summed E-state index contributed by atoms with van der Waals surface area (Å²) >= 11 is 0. The molecule has 0 atom stereocenters. The topological polar surface area (TPSA) is 65.0 Å². The van der Waals surface area contributed by atoms with Crippen LogP contribution in [0.25, 0.3) is 0 Å². The van der Waals surface area contributed by atoms with E-state index >= 15 is 0 Å². The number of fused-ring (bicyclic) bond motifs is 1. The van der Waals surface area contributed by atoms with Crippen LogP contribution in [0.2, 0.25) is 0 Å². The molecule has 0 unspecified atom stereocenters. The number of amides is 2. The summed E-state index contributed by atoms with van der Waals surface area (Å²) in [5.74, 6) is 0.831. The maximum Gasteiger partial charge on any atom is 0.322 e. The quantitative estimate of drug-likeness (QED) is 0.887. The lowest BCUT2D eigenvalue weighted by Crippen LogP contribution is -2.41. The molecule has 0 aromatic heterocycles. The van der Waals surface area contributed by atoms with E-state index in [1.807, 2.05) is 39.1 Å². The maximum atomic E-state index is 12.3. The number of likely N-dealkylation sites (N-methyl/N-ethyl adjacent to an activating group) is 1. The van der Waals surface area contributed by atoms with E-state index in [1.54, 1.807) is 4.90 Å². The van der Waals surface area contributed by atoms with Crippen molar-refractivity contribution in [3.63, 3.8) is 0 Å². The molecule has 6 heteroatoms. The highest BCUT2D eigenvalue weighted by Crippen LogP contribution is 2.33. The van der Waals surface area contributed by atoms with E-state index in [2.05, 4.69) is 10.2 Å². The van der Waals surface area contributed by atoms with Gasteiger partial charge in [-0.15, -0.1) is 0 Å². The molecule has 1 heterocycles. The van der Waals surface area contributed by atoms with Crippen molar-refractivity contribution in [1.29, 1.82) is 0 Å². The average Bonchev–Trinajstić information content (AvgIpc) is 2.45. The van der Waals surface area contributed by atoms with Crippen molar-refractivity contribution >= 4 is 17.4 Å². The number of hydrogen-bond donors (Lipinski definition) is 2. The number of ether oxygens (including phenoxy) is 1. The molecule has 1 aromatic carbocycles. The van der Waals surface area contributed by atoms with Crippen LogP contribution in [0, 0.1) is 0 Å². The van der Waals surface area contributed by atoms with Gasteiger partial charge in [0.05, 0.1) is 18.8 Å². The van der Waals surface area contributed by atoms with Gasteiger partial charge in [0, 0.05) is 25.3 Å². The van der Waals surface area contributed by atoms with Crippen LogP contribution in [-0.4, -0.2) is 55.4 Å². The molecule has 1 aliphatic rings. The third-order valence-corrected chi connectivity index (χ3v) is 3.53. The Morgan fingerprint density at radius 1 is 1.52 bits per heavy atom. The van der Waals surface area contributed by atoms with E-state index in [4.69, 9.17) is 9.84 Å². The third kappa shape index (κ3) is 3.58. The van der Waals surface area contributed by atoms with Gasteiger partial charge in [-0.05, 0) is 32.0 Å². The Kier molecular flexibility index (Phi) is 4.90. The molecule has 116 valence electrons. The van der Waals surface area contributed by atoms with Crippen molar-refractivity contribution < 1.29 is 14.6 Å². The maximum absolute atomic E-state index is 12.3. The highest BCUT2D eigenvalue weighted by Gasteiger charge is 2.19. The number of aliphatic hydroxyl groups is 1. The number of urea groups is 1. The predicted molar refractivity (Wildman–Crippen MR) is 83.2 cm³/mol. The first-order chi connectivity index (χ1) is 10.0. The van der Waals surface area contributed by atoms with Crippen molar-refractivity contribution in [3.05, 3.63) is 18.2 Å². The van der Waals surface area contributed by atoms with Gasteiger partial charge in [0.2, 0.25) is 0 Å². The molecule has 0 saturated carbocycles. The summed E-state index contributed by atoms with van der Waals surface area (Å²) in [6.45, 7) is 5.61. The summed E-state index contributed by atoms with van der Waals surface area (Å²) in [6.07, 6.45) is 0. The van der Waals surface area contributed by atoms with E-state index in [-0.39, 0.29) is 18.7 Å². The Hall–Kier alpha value is -1.95. The second-order valence-corrected chi connectivity index (χ2v) is 5.39. The van der Waals surface area contributed by atoms with Gasteiger partial charge in [-0.25, -0.2) is 4.79 Å². The molecule has 0 fully saturated rings. The normalized spacial score (nSPS) is 13.7. The van der Waals surface area contributed by atoms with Crippen molar-refractivity contribution in [3.8, 4) is 5.75 Å². The van der Waals surface area contributed by atoms with Gasteiger partial charge in [0.25, 0.3) is 0 Å². The standard InChI is InChI=1S/C15H23N3O3/c1-11(2)18(6-8-19)15(20)16-12-4-5-14-13(10-12)17(3)7-9-21-14/h4-5,10-11,19H,6-9H2,1-3H3,(H,16,20). The first kappa shape index (κ1) is 15.4. The zero-order chi connectivity index (χ0) is 15.4. The number of rotatable bonds is 4. The van der Waals surface area contributed by atoms with Crippen LogP contribution < -0.4 is 15.0 Å². The van der Waals surface area contributed by atoms with Crippen LogP contribution >= 0.6 is 0 Å². The predicted octanol–water partition coefficient (Wildman–Crippen LogP) is 1.75. The molecule has 1 aromatic rings. The summed E-state index contributed by atoms with van der Waals surface area (Å²) in [6, 6.07) is 5.42. The second kappa shape index (κ2) is 6.67. The lowest BCUT2D eigenvalue weighted by atomic mass is 10.2. The summed E-state index contributed by atoms with van der Waals surface area (Å²) in [7, 11) is 2.00. The van der Waals surface area contributed by atoms with Gasteiger partial charge >= 0.3 is 6.03 Å². The average molecular weight is 293 g/mol. The van der Waals surface area contributed by atoms with E-state index in [0.717, 1.165) is 23.7 Å². The van der Waals surface area contributed by atoms with Crippen molar-refractivity contribution in [2.75, 3.05) is 43.6 Å². The summed E-state index contributed by atoms with van der Waals surface area (Å²) in [5.41, 5.74) is 1.69. The van der Waals surface area contributed by atoms with Crippen molar-refractivity contribution in [1.82, 2.24) is 4.90 Å². The SMILES string of the molecule is CC(C)N(CCO)C(=O)Nc1ccc2c(c1)N(C)CCO2. The van der Waals surface area contributed by atoms with E-state index in [0.29, 0.717) is 13.2 Å². The second-order valence-electron chi connectivity index (χ2n) is 5.39. The molecule has 0 spiro atoms. The Morgan fingerprint density at radius 3 is 2.95 bits per heavy atom. The van der Waals surface area contributed by atoms with Gasteiger partial charge in [0.1, 0.15) is 12.4 Å². The number of aliphatic hydroxyl groups excluding tert-OH is 1. The van der Waals surface area contributed by atoms with Gasteiger partial charge in [-0.2, -0.15) is 0 Å². The van der Waals surface area contributed by atoms with E-state index < -0.39 is 0 Å². The van der Waals surface area contributed by atoms with E-state index in [9.17, 15) is 4.79 Å². The van der Waals surface area contributed by atoms with Crippen molar-refractivity contribution in [2.24, 2.45) is 0 Å². The number of anilines is 2. The monoisotopic (exact) mass is 293 g/mol. The van der Waals surface area contributed by atoms with Crippen LogP contribution in [0.5, 0.6) is 5.75 Å². The molecule has 1 aliphatic heterocycles.